The molecule has 16 heavy (non-hydrogen) atoms. The van der Waals surface area contributed by atoms with Gasteiger partial charge in [0.25, 0.3) is 0 Å². The van der Waals surface area contributed by atoms with Crippen molar-refractivity contribution < 1.29 is 5.11 Å². The molecule has 0 aliphatic rings. The van der Waals surface area contributed by atoms with Crippen molar-refractivity contribution in [3.05, 3.63) is 23.9 Å². The van der Waals surface area contributed by atoms with Gasteiger partial charge in [-0.05, 0) is 13.3 Å². The normalized spacial score (nSPS) is 15.2. The number of aliphatic hydroxyl groups excluding tert-OH is 1. The second kappa shape index (κ2) is 4.17. The monoisotopic (exact) mass is 220 g/mol. The second-order valence-electron chi connectivity index (χ2n) is 4.02. The Hall–Kier alpha value is -1.49. The molecule has 0 saturated heterocycles. The first-order chi connectivity index (χ1) is 7.65. The van der Waals surface area contributed by atoms with Crippen molar-refractivity contribution in [3.63, 3.8) is 0 Å². The molecule has 0 aliphatic heterocycles. The number of rotatable bonds is 3. The van der Waals surface area contributed by atoms with Crippen molar-refractivity contribution in [2.45, 2.75) is 39.2 Å². The number of hydrogen-bond donors (Lipinski definition) is 1. The summed E-state index contributed by atoms with van der Waals surface area (Å²) in [5.41, 5.74) is 1.54. The van der Waals surface area contributed by atoms with Crippen molar-refractivity contribution in [1.29, 1.82) is 0 Å². The lowest BCUT2D eigenvalue weighted by molar-refractivity contribution is 0.144. The molecule has 0 amide bonds. The van der Waals surface area contributed by atoms with E-state index in [0.717, 1.165) is 17.2 Å². The van der Waals surface area contributed by atoms with E-state index in [9.17, 15) is 5.11 Å². The molecule has 2 aromatic heterocycles. The Morgan fingerprint density at radius 1 is 1.44 bits per heavy atom. The predicted octanol–water partition coefficient (Wildman–Crippen LogP) is 1.31. The topological polar surface area (TPSA) is 63.3 Å². The first kappa shape index (κ1) is 11.0. The second-order valence-corrected chi connectivity index (χ2v) is 4.02. The van der Waals surface area contributed by atoms with Gasteiger partial charge in [0.2, 0.25) is 0 Å². The zero-order chi connectivity index (χ0) is 11.7. The minimum absolute atomic E-state index is 0.0303. The van der Waals surface area contributed by atoms with Crippen molar-refractivity contribution >= 4 is 5.65 Å². The van der Waals surface area contributed by atoms with Crippen molar-refractivity contribution in [1.82, 2.24) is 19.6 Å². The van der Waals surface area contributed by atoms with E-state index >= 15 is 0 Å². The van der Waals surface area contributed by atoms with Gasteiger partial charge in [0.15, 0.2) is 5.65 Å². The number of aliphatic hydroxyl groups is 1. The highest BCUT2D eigenvalue weighted by Gasteiger charge is 2.20. The summed E-state index contributed by atoms with van der Waals surface area (Å²) in [6, 6.07) is 0. The van der Waals surface area contributed by atoms with Crippen LogP contribution in [0.15, 0.2) is 12.4 Å². The maximum absolute atomic E-state index is 9.85. The standard InChI is InChI=1S/C11H16N4O/c1-4-9(16)7(2)10-11-14-13-8(3)15(11)6-5-12-10/h5-7,9,16H,4H2,1-3H3. The summed E-state index contributed by atoms with van der Waals surface area (Å²) in [5, 5.41) is 18.0. The van der Waals surface area contributed by atoms with E-state index in [0.29, 0.717) is 6.42 Å². The molecule has 0 fully saturated rings. The third-order valence-corrected chi connectivity index (χ3v) is 2.95. The molecule has 1 N–H and O–H groups in total. The zero-order valence-corrected chi connectivity index (χ0v) is 9.75. The molecule has 5 nitrogen and oxygen atoms in total. The predicted molar refractivity (Wildman–Crippen MR) is 60.2 cm³/mol. The lowest BCUT2D eigenvalue weighted by atomic mass is 9.99. The van der Waals surface area contributed by atoms with Crippen molar-refractivity contribution in [3.8, 4) is 0 Å². The summed E-state index contributed by atoms with van der Waals surface area (Å²) in [6.45, 7) is 5.81. The highest BCUT2D eigenvalue weighted by atomic mass is 16.3. The Bertz CT molecular complexity index is 494. The number of nitrogens with zero attached hydrogens (tertiary/aromatic N) is 4. The fourth-order valence-corrected chi connectivity index (χ4v) is 1.82. The fourth-order valence-electron chi connectivity index (χ4n) is 1.82. The highest BCUT2D eigenvalue weighted by molar-refractivity contribution is 5.45. The molecule has 0 saturated carbocycles. The van der Waals surface area contributed by atoms with Gasteiger partial charge in [-0.15, -0.1) is 10.2 Å². The number of fused-ring (bicyclic) bond motifs is 1. The summed E-state index contributed by atoms with van der Waals surface area (Å²) in [4.78, 5) is 4.31. The van der Waals surface area contributed by atoms with Crippen LogP contribution in [0.2, 0.25) is 0 Å². The van der Waals surface area contributed by atoms with E-state index in [-0.39, 0.29) is 5.92 Å². The van der Waals surface area contributed by atoms with Crippen LogP contribution in [0.25, 0.3) is 5.65 Å². The Kier molecular flexibility index (Phi) is 2.87. The summed E-state index contributed by atoms with van der Waals surface area (Å²) in [7, 11) is 0. The van der Waals surface area contributed by atoms with Gasteiger partial charge in [-0.25, -0.2) is 0 Å². The molecule has 2 rings (SSSR count). The number of hydrogen-bond acceptors (Lipinski definition) is 4. The molecule has 2 unspecified atom stereocenters. The molecule has 0 spiro atoms. The summed E-state index contributed by atoms with van der Waals surface area (Å²) < 4.78 is 1.89. The Labute approximate surface area is 94.2 Å². The maximum Gasteiger partial charge on any atom is 0.182 e. The van der Waals surface area contributed by atoms with Gasteiger partial charge >= 0.3 is 0 Å². The molecular formula is C11H16N4O. The largest absolute Gasteiger partial charge is 0.392 e. The van der Waals surface area contributed by atoms with Crippen LogP contribution in [0.4, 0.5) is 0 Å². The van der Waals surface area contributed by atoms with E-state index in [1.54, 1.807) is 6.20 Å². The Balaban J connectivity index is 2.52. The molecule has 0 radical (unpaired) electrons. The van der Waals surface area contributed by atoms with Gasteiger partial charge in [-0.3, -0.25) is 9.38 Å². The van der Waals surface area contributed by atoms with Gasteiger partial charge in [0.1, 0.15) is 5.82 Å². The van der Waals surface area contributed by atoms with Crippen LogP contribution in [-0.2, 0) is 0 Å². The number of aromatic nitrogens is 4. The molecule has 0 aliphatic carbocycles. The first-order valence-corrected chi connectivity index (χ1v) is 5.49. The summed E-state index contributed by atoms with van der Waals surface area (Å²) in [6.07, 6.45) is 3.86. The van der Waals surface area contributed by atoms with Gasteiger partial charge in [0, 0.05) is 18.3 Å². The lowest BCUT2D eigenvalue weighted by Crippen LogP contribution is -2.16. The van der Waals surface area contributed by atoms with Gasteiger partial charge < -0.3 is 5.11 Å². The van der Waals surface area contributed by atoms with E-state index in [4.69, 9.17) is 0 Å². The molecule has 2 atom stereocenters. The van der Waals surface area contributed by atoms with Crippen LogP contribution < -0.4 is 0 Å². The zero-order valence-electron chi connectivity index (χ0n) is 9.75. The van der Waals surface area contributed by atoms with Crippen LogP contribution in [0.1, 0.15) is 37.7 Å². The third-order valence-electron chi connectivity index (χ3n) is 2.95. The summed E-state index contributed by atoms with van der Waals surface area (Å²) in [5.74, 6) is 0.800. The van der Waals surface area contributed by atoms with Gasteiger partial charge in [-0.1, -0.05) is 13.8 Å². The van der Waals surface area contributed by atoms with Crippen LogP contribution in [0.3, 0.4) is 0 Å². The Morgan fingerprint density at radius 3 is 2.88 bits per heavy atom. The first-order valence-electron chi connectivity index (χ1n) is 5.49. The third kappa shape index (κ3) is 1.67. The molecule has 0 bridgehead atoms. The van der Waals surface area contributed by atoms with E-state index in [1.807, 2.05) is 31.4 Å². The average Bonchev–Trinajstić information content (AvgIpc) is 2.69. The molecule has 5 heteroatoms. The van der Waals surface area contributed by atoms with Gasteiger partial charge in [-0.2, -0.15) is 0 Å². The minimum Gasteiger partial charge on any atom is -0.392 e. The van der Waals surface area contributed by atoms with E-state index in [1.165, 1.54) is 0 Å². The fraction of sp³-hybridized carbons (Fsp3) is 0.545. The Morgan fingerprint density at radius 2 is 2.19 bits per heavy atom. The van der Waals surface area contributed by atoms with Crippen LogP contribution >= 0.6 is 0 Å². The average molecular weight is 220 g/mol. The van der Waals surface area contributed by atoms with Crippen LogP contribution in [0, 0.1) is 6.92 Å². The maximum atomic E-state index is 9.85. The highest BCUT2D eigenvalue weighted by Crippen LogP contribution is 2.22. The van der Waals surface area contributed by atoms with Gasteiger partial charge in [0.05, 0.1) is 11.8 Å². The van der Waals surface area contributed by atoms with Crippen LogP contribution in [0.5, 0.6) is 0 Å². The molecule has 2 heterocycles. The van der Waals surface area contributed by atoms with E-state index < -0.39 is 6.10 Å². The smallest absolute Gasteiger partial charge is 0.182 e. The van der Waals surface area contributed by atoms with Crippen molar-refractivity contribution in [2.24, 2.45) is 0 Å². The lowest BCUT2D eigenvalue weighted by Gasteiger charge is -2.16. The van der Waals surface area contributed by atoms with Crippen molar-refractivity contribution in [2.75, 3.05) is 0 Å². The number of aryl methyl sites for hydroxylation is 1. The van der Waals surface area contributed by atoms with Crippen LogP contribution in [-0.4, -0.2) is 30.8 Å². The quantitative estimate of drug-likeness (QED) is 0.847. The minimum atomic E-state index is -0.393. The molecular weight excluding hydrogens is 204 g/mol. The molecule has 0 aromatic carbocycles. The SMILES string of the molecule is CCC(O)C(C)c1nccn2c(C)nnc12. The molecule has 2 aromatic rings. The summed E-state index contributed by atoms with van der Waals surface area (Å²) >= 11 is 0. The molecule has 86 valence electrons. The van der Waals surface area contributed by atoms with E-state index in [2.05, 4.69) is 15.2 Å².